The monoisotopic (exact) mass is 517 g/mol. The van der Waals surface area contributed by atoms with Crippen molar-refractivity contribution in [3.8, 4) is 0 Å². The van der Waals surface area contributed by atoms with E-state index in [-0.39, 0.29) is 23.9 Å². The Hall–Kier alpha value is -4.33. The van der Waals surface area contributed by atoms with Gasteiger partial charge in [-0.05, 0) is 42.2 Å². The summed E-state index contributed by atoms with van der Waals surface area (Å²) in [6, 6.07) is 20.0. The number of nitrogens with zero attached hydrogens (tertiary/aromatic N) is 1. The van der Waals surface area contributed by atoms with Gasteiger partial charge in [0.15, 0.2) is 0 Å². The van der Waals surface area contributed by atoms with Gasteiger partial charge in [-0.15, -0.1) is 0 Å². The molecule has 0 radical (unpaired) electrons. The van der Waals surface area contributed by atoms with Gasteiger partial charge in [-0.3, -0.25) is 14.4 Å². The molecule has 0 aromatic heterocycles. The van der Waals surface area contributed by atoms with E-state index < -0.39 is 35.5 Å². The van der Waals surface area contributed by atoms with Crippen LogP contribution in [0.4, 0.5) is 8.78 Å². The number of halogens is 2. The molecule has 8 heteroatoms. The van der Waals surface area contributed by atoms with Crippen LogP contribution >= 0.6 is 0 Å². The van der Waals surface area contributed by atoms with E-state index in [1.165, 1.54) is 6.92 Å². The number of rotatable bonds is 8. The number of hydrogen-bond acceptors (Lipinski definition) is 3. The maximum atomic E-state index is 13.7. The lowest BCUT2D eigenvalue weighted by Gasteiger charge is -2.32. The lowest BCUT2D eigenvalue weighted by Crippen LogP contribution is -2.53. The van der Waals surface area contributed by atoms with Gasteiger partial charge in [0, 0.05) is 12.6 Å². The Bertz CT molecular complexity index is 1290. The van der Waals surface area contributed by atoms with Crippen LogP contribution in [0.15, 0.2) is 91.0 Å². The quantitative estimate of drug-likeness (QED) is 0.439. The second kappa shape index (κ2) is 12.3. The molecule has 38 heavy (non-hydrogen) atoms. The second-order valence-corrected chi connectivity index (χ2v) is 9.28. The first-order valence-electron chi connectivity index (χ1n) is 12.4. The molecule has 0 aliphatic carbocycles. The smallest absolute Gasteiger partial charge is 0.246 e. The second-order valence-electron chi connectivity index (χ2n) is 9.28. The summed E-state index contributed by atoms with van der Waals surface area (Å²) in [4.78, 5) is 40.8. The largest absolute Gasteiger partial charge is 0.344 e. The van der Waals surface area contributed by atoms with Gasteiger partial charge in [0.25, 0.3) is 0 Å². The summed E-state index contributed by atoms with van der Waals surface area (Å²) in [5.74, 6) is -2.91. The molecule has 3 aromatic carbocycles. The van der Waals surface area contributed by atoms with Gasteiger partial charge in [-0.25, -0.2) is 8.78 Å². The van der Waals surface area contributed by atoms with Gasteiger partial charge in [-0.1, -0.05) is 72.8 Å². The van der Waals surface area contributed by atoms with Crippen molar-refractivity contribution in [3.63, 3.8) is 0 Å². The predicted octanol–water partition coefficient (Wildman–Crippen LogP) is 4.23. The van der Waals surface area contributed by atoms with Crippen molar-refractivity contribution in [1.29, 1.82) is 0 Å². The molecule has 196 valence electrons. The summed E-state index contributed by atoms with van der Waals surface area (Å²) in [5.41, 5.74) is 2.06. The zero-order chi connectivity index (χ0) is 27.1. The van der Waals surface area contributed by atoms with Crippen LogP contribution in [-0.2, 0) is 27.3 Å². The SMILES string of the molecule is CC(NC(=O)Cc1cc(F)cc(F)c1)C(=O)N[C@H]1CC=CC(c2ccccc2)N(Cc2ccccc2)C1=O. The van der Waals surface area contributed by atoms with Crippen LogP contribution in [0.1, 0.15) is 36.1 Å². The topological polar surface area (TPSA) is 78.5 Å². The van der Waals surface area contributed by atoms with E-state index in [9.17, 15) is 23.2 Å². The Morgan fingerprint density at radius 1 is 0.947 bits per heavy atom. The van der Waals surface area contributed by atoms with Gasteiger partial charge < -0.3 is 15.5 Å². The van der Waals surface area contributed by atoms with Crippen LogP contribution in [0.25, 0.3) is 0 Å². The van der Waals surface area contributed by atoms with E-state index >= 15 is 0 Å². The molecule has 0 saturated heterocycles. The Labute approximate surface area is 220 Å². The fourth-order valence-electron chi connectivity index (χ4n) is 4.46. The molecule has 6 nitrogen and oxygen atoms in total. The van der Waals surface area contributed by atoms with Crippen LogP contribution in [0.5, 0.6) is 0 Å². The average molecular weight is 518 g/mol. The molecule has 1 aliphatic heterocycles. The first-order chi connectivity index (χ1) is 18.3. The van der Waals surface area contributed by atoms with Crippen LogP contribution in [-0.4, -0.2) is 34.7 Å². The lowest BCUT2D eigenvalue weighted by molar-refractivity contribution is -0.138. The lowest BCUT2D eigenvalue weighted by atomic mass is 10.0. The fraction of sp³-hybridized carbons (Fsp3) is 0.233. The summed E-state index contributed by atoms with van der Waals surface area (Å²) in [7, 11) is 0. The Balaban J connectivity index is 1.45. The van der Waals surface area contributed by atoms with Crippen LogP contribution in [0.2, 0.25) is 0 Å². The first-order valence-corrected chi connectivity index (χ1v) is 12.4. The summed E-state index contributed by atoms with van der Waals surface area (Å²) in [5, 5.41) is 5.30. The van der Waals surface area contributed by atoms with Crippen LogP contribution < -0.4 is 10.6 Å². The van der Waals surface area contributed by atoms with E-state index in [0.29, 0.717) is 13.0 Å². The maximum Gasteiger partial charge on any atom is 0.246 e. The van der Waals surface area contributed by atoms with Crippen molar-refractivity contribution >= 4 is 17.7 Å². The minimum Gasteiger partial charge on any atom is -0.344 e. The van der Waals surface area contributed by atoms with Gasteiger partial charge in [0.05, 0.1) is 12.5 Å². The van der Waals surface area contributed by atoms with Crippen LogP contribution in [0, 0.1) is 11.6 Å². The van der Waals surface area contributed by atoms with E-state index in [1.54, 1.807) is 4.90 Å². The van der Waals surface area contributed by atoms with Crippen molar-refractivity contribution in [2.45, 2.75) is 44.4 Å². The van der Waals surface area contributed by atoms with Crippen LogP contribution in [0.3, 0.4) is 0 Å². The zero-order valence-corrected chi connectivity index (χ0v) is 20.9. The molecule has 4 rings (SSSR count). The number of carbonyl (C=O) groups excluding carboxylic acids is 3. The third-order valence-electron chi connectivity index (χ3n) is 6.32. The number of benzene rings is 3. The third-order valence-corrected chi connectivity index (χ3v) is 6.32. The molecule has 0 bridgehead atoms. The highest BCUT2D eigenvalue weighted by molar-refractivity contribution is 5.92. The molecule has 0 fully saturated rings. The molecule has 3 amide bonds. The molecule has 1 heterocycles. The van der Waals surface area contributed by atoms with Crippen molar-refractivity contribution in [3.05, 3.63) is 119 Å². The molecule has 2 unspecified atom stereocenters. The fourth-order valence-corrected chi connectivity index (χ4v) is 4.46. The van der Waals surface area contributed by atoms with E-state index in [2.05, 4.69) is 10.6 Å². The number of amides is 3. The average Bonchev–Trinajstić information content (AvgIpc) is 3.03. The third kappa shape index (κ3) is 6.91. The van der Waals surface area contributed by atoms with E-state index in [1.807, 2.05) is 72.8 Å². The normalized spacial score (nSPS) is 18.0. The number of nitrogens with one attached hydrogen (secondary N) is 2. The maximum absolute atomic E-state index is 13.7. The first kappa shape index (κ1) is 26.7. The number of carbonyl (C=O) groups is 3. The van der Waals surface area contributed by atoms with Crippen molar-refractivity contribution in [2.75, 3.05) is 0 Å². The van der Waals surface area contributed by atoms with Crippen molar-refractivity contribution in [1.82, 2.24) is 15.5 Å². The van der Waals surface area contributed by atoms with Gasteiger partial charge in [0.2, 0.25) is 17.7 Å². The Kier molecular flexibility index (Phi) is 8.63. The highest BCUT2D eigenvalue weighted by atomic mass is 19.1. The predicted molar refractivity (Wildman–Crippen MR) is 140 cm³/mol. The van der Waals surface area contributed by atoms with Crippen molar-refractivity contribution in [2.24, 2.45) is 0 Å². The Morgan fingerprint density at radius 2 is 1.58 bits per heavy atom. The Morgan fingerprint density at radius 3 is 2.24 bits per heavy atom. The zero-order valence-electron chi connectivity index (χ0n) is 20.9. The summed E-state index contributed by atoms with van der Waals surface area (Å²) in [6.45, 7) is 1.84. The minimum absolute atomic E-state index is 0.153. The molecule has 3 aromatic rings. The van der Waals surface area contributed by atoms with Gasteiger partial charge in [0.1, 0.15) is 23.7 Å². The summed E-state index contributed by atoms with van der Waals surface area (Å²) >= 11 is 0. The summed E-state index contributed by atoms with van der Waals surface area (Å²) in [6.07, 6.45) is 3.85. The molecule has 0 spiro atoms. The molecule has 0 saturated carbocycles. The number of hydrogen-bond donors (Lipinski definition) is 2. The molecular weight excluding hydrogens is 488 g/mol. The standard InChI is InChI=1S/C30H29F2N3O3/c1-20(33-28(36)17-22-15-24(31)18-25(32)16-22)29(37)34-26-13-8-14-27(23-11-6-3-7-12-23)35(30(26)38)19-21-9-4-2-5-10-21/h2-12,14-16,18,20,26-27H,13,17,19H2,1H3,(H,33,36)(H,34,37)/t20?,26-,27?/m0/s1. The van der Waals surface area contributed by atoms with E-state index in [4.69, 9.17) is 0 Å². The highest BCUT2D eigenvalue weighted by Gasteiger charge is 2.33. The molecule has 3 atom stereocenters. The molecule has 1 aliphatic rings. The van der Waals surface area contributed by atoms with Gasteiger partial charge in [-0.2, -0.15) is 0 Å². The molecular formula is C30H29F2N3O3. The molecule has 2 N–H and O–H groups in total. The van der Waals surface area contributed by atoms with E-state index in [0.717, 1.165) is 29.3 Å². The van der Waals surface area contributed by atoms with Crippen molar-refractivity contribution < 1.29 is 23.2 Å². The van der Waals surface area contributed by atoms with Gasteiger partial charge >= 0.3 is 0 Å². The highest BCUT2D eigenvalue weighted by Crippen LogP contribution is 2.28. The summed E-state index contributed by atoms with van der Waals surface area (Å²) < 4.78 is 26.9. The minimum atomic E-state index is -0.964.